The number of hydrogen-bond acceptors (Lipinski definition) is 2. The fourth-order valence-corrected chi connectivity index (χ4v) is 3.72. The second-order valence-corrected chi connectivity index (χ2v) is 5.77. The first-order valence-electron chi connectivity index (χ1n) is 4.82. The molecule has 0 aliphatic carbocycles. The number of ether oxygens (including phenoxy) is 2. The second kappa shape index (κ2) is 4.18. The van der Waals surface area contributed by atoms with Crippen LogP contribution in [-0.4, -0.2) is 26.5 Å². The predicted molar refractivity (Wildman–Crippen MR) is 60.5 cm³/mol. The Morgan fingerprint density at radius 3 is 2.00 bits per heavy atom. The summed E-state index contributed by atoms with van der Waals surface area (Å²) in [5.74, 6) is 1.99. The minimum absolute atomic E-state index is 0.00386. The minimum atomic E-state index is 0.00386. The van der Waals surface area contributed by atoms with Crippen LogP contribution in [0.1, 0.15) is 6.42 Å². The molecule has 1 fully saturated rings. The largest absolute Gasteiger partial charge is 0.496 e. The van der Waals surface area contributed by atoms with Crippen molar-refractivity contribution >= 4 is 13.2 Å². The Hall–Kier alpha value is -0.750. The SMILES string of the molecule is COc1cccc(OC)c1P1CCC1. The summed E-state index contributed by atoms with van der Waals surface area (Å²) < 4.78 is 10.8. The molecule has 0 bridgehead atoms. The van der Waals surface area contributed by atoms with Gasteiger partial charge in [-0.1, -0.05) is 14.0 Å². The summed E-state index contributed by atoms with van der Waals surface area (Å²) in [6, 6.07) is 6.04. The van der Waals surface area contributed by atoms with Crippen LogP contribution >= 0.6 is 7.92 Å². The van der Waals surface area contributed by atoms with Gasteiger partial charge in [-0.3, -0.25) is 0 Å². The van der Waals surface area contributed by atoms with Gasteiger partial charge in [0.05, 0.1) is 19.5 Å². The maximum atomic E-state index is 5.38. The lowest BCUT2D eigenvalue weighted by atomic mass is 10.3. The third-order valence-electron chi connectivity index (χ3n) is 2.57. The molecule has 0 N–H and O–H groups in total. The van der Waals surface area contributed by atoms with Gasteiger partial charge in [0.15, 0.2) is 0 Å². The highest BCUT2D eigenvalue weighted by molar-refractivity contribution is 7.67. The van der Waals surface area contributed by atoms with Gasteiger partial charge in [-0.05, 0) is 30.9 Å². The maximum Gasteiger partial charge on any atom is 0.130 e. The van der Waals surface area contributed by atoms with Crippen molar-refractivity contribution in [2.75, 3.05) is 26.5 Å². The van der Waals surface area contributed by atoms with Gasteiger partial charge in [0.25, 0.3) is 0 Å². The smallest absolute Gasteiger partial charge is 0.130 e. The van der Waals surface area contributed by atoms with Gasteiger partial charge < -0.3 is 9.47 Å². The summed E-state index contributed by atoms with van der Waals surface area (Å²) in [6.45, 7) is 0. The lowest BCUT2D eigenvalue weighted by Crippen LogP contribution is -2.18. The van der Waals surface area contributed by atoms with Crippen molar-refractivity contribution in [3.05, 3.63) is 18.2 Å². The van der Waals surface area contributed by atoms with Crippen LogP contribution in [-0.2, 0) is 0 Å². The van der Waals surface area contributed by atoms with Crippen LogP contribution in [0.3, 0.4) is 0 Å². The van der Waals surface area contributed by atoms with Crippen LogP contribution in [0.25, 0.3) is 0 Å². The number of methoxy groups -OCH3 is 2. The van der Waals surface area contributed by atoms with Crippen LogP contribution in [0.5, 0.6) is 11.5 Å². The van der Waals surface area contributed by atoms with E-state index in [-0.39, 0.29) is 7.92 Å². The first-order chi connectivity index (χ1) is 6.86. The van der Waals surface area contributed by atoms with E-state index in [4.69, 9.17) is 9.47 Å². The highest BCUT2D eigenvalue weighted by atomic mass is 31.1. The summed E-state index contributed by atoms with van der Waals surface area (Å²) >= 11 is 0. The molecular weight excluding hydrogens is 195 g/mol. The maximum absolute atomic E-state index is 5.38. The highest BCUT2D eigenvalue weighted by Gasteiger charge is 2.25. The van der Waals surface area contributed by atoms with Crippen LogP contribution in [0, 0.1) is 0 Å². The average molecular weight is 210 g/mol. The van der Waals surface area contributed by atoms with Crippen molar-refractivity contribution in [1.82, 2.24) is 0 Å². The monoisotopic (exact) mass is 210 g/mol. The van der Waals surface area contributed by atoms with Gasteiger partial charge in [-0.15, -0.1) is 0 Å². The van der Waals surface area contributed by atoms with E-state index in [2.05, 4.69) is 0 Å². The molecule has 0 unspecified atom stereocenters. The van der Waals surface area contributed by atoms with E-state index in [0.717, 1.165) is 11.5 Å². The van der Waals surface area contributed by atoms with E-state index >= 15 is 0 Å². The third kappa shape index (κ3) is 1.59. The average Bonchev–Trinajstić information content (AvgIpc) is 2.15. The zero-order valence-corrected chi connectivity index (χ0v) is 9.51. The molecule has 1 aromatic rings. The normalized spacial score (nSPS) is 16.1. The van der Waals surface area contributed by atoms with Crippen molar-refractivity contribution in [1.29, 1.82) is 0 Å². The van der Waals surface area contributed by atoms with Gasteiger partial charge in [0.2, 0.25) is 0 Å². The first kappa shape index (κ1) is 9.79. The molecule has 1 heterocycles. The van der Waals surface area contributed by atoms with E-state index in [1.807, 2.05) is 18.2 Å². The molecule has 1 aliphatic rings. The third-order valence-corrected chi connectivity index (χ3v) is 5.36. The number of benzene rings is 1. The van der Waals surface area contributed by atoms with Crippen LogP contribution in [0.2, 0.25) is 0 Å². The molecule has 0 aromatic heterocycles. The molecule has 0 amide bonds. The molecule has 0 saturated carbocycles. The molecular formula is C11H15O2P. The minimum Gasteiger partial charge on any atom is -0.496 e. The molecule has 76 valence electrons. The zero-order chi connectivity index (χ0) is 9.97. The lowest BCUT2D eigenvalue weighted by Gasteiger charge is -2.29. The van der Waals surface area contributed by atoms with Gasteiger partial charge in [0.1, 0.15) is 11.5 Å². The van der Waals surface area contributed by atoms with Crippen molar-refractivity contribution in [3.8, 4) is 11.5 Å². The first-order valence-corrected chi connectivity index (χ1v) is 6.54. The zero-order valence-electron chi connectivity index (χ0n) is 8.62. The molecule has 0 atom stereocenters. The fourth-order valence-electron chi connectivity index (χ4n) is 1.68. The molecule has 1 aromatic carbocycles. The highest BCUT2D eigenvalue weighted by Crippen LogP contribution is 2.49. The van der Waals surface area contributed by atoms with Crippen LogP contribution in [0.4, 0.5) is 0 Å². The van der Waals surface area contributed by atoms with Gasteiger partial charge in [0, 0.05) is 0 Å². The Bertz CT molecular complexity index is 299. The Morgan fingerprint density at radius 2 is 1.64 bits per heavy atom. The summed E-state index contributed by atoms with van der Waals surface area (Å²) in [5, 5.41) is 1.32. The van der Waals surface area contributed by atoms with E-state index in [1.54, 1.807) is 14.2 Å². The number of hydrogen-bond donors (Lipinski definition) is 0. The summed E-state index contributed by atoms with van der Waals surface area (Å²) in [6.07, 6.45) is 4.00. The molecule has 1 aliphatic heterocycles. The van der Waals surface area contributed by atoms with Crippen molar-refractivity contribution in [2.24, 2.45) is 0 Å². The molecule has 2 nitrogen and oxygen atoms in total. The quantitative estimate of drug-likeness (QED) is 0.712. The molecule has 14 heavy (non-hydrogen) atoms. The Kier molecular flexibility index (Phi) is 2.93. The van der Waals surface area contributed by atoms with Gasteiger partial charge in [-0.25, -0.2) is 0 Å². The Balaban J connectivity index is 2.39. The van der Waals surface area contributed by atoms with Crippen LogP contribution < -0.4 is 14.8 Å². The lowest BCUT2D eigenvalue weighted by molar-refractivity contribution is 0.400. The summed E-state index contributed by atoms with van der Waals surface area (Å²) in [5.41, 5.74) is 0. The number of rotatable bonds is 3. The standard InChI is InChI=1S/C11H15O2P/c1-12-9-5-3-6-10(13-2)11(9)14-7-4-8-14/h3,5-6H,4,7-8H2,1-2H3. The predicted octanol–water partition coefficient (Wildman–Crippen LogP) is 2.21. The van der Waals surface area contributed by atoms with Crippen molar-refractivity contribution < 1.29 is 9.47 Å². The Morgan fingerprint density at radius 1 is 1.07 bits per heavy atom. The van der Waals surface area contributed by atoms with Gasteiger partial charge >= 0.3 is 0 Å². The Labute approximate surface area is 86.0 Å². The summed E-state index contributed by atoms with van der Waals surface area (Å²) in [4.78, 5) is 0. The molecule has 0 spiro atoms. The van der Waals surface area contributed by atoms with E-state index < -0.39 is 0 Å². The fraction of sp³-hybridized carbons (Fsp3) is 0.455. The molecule has 1 saturated heterocycles. The molecule has 3 heteroatoms. The van der Waals surface area contributed by atoms with E-state index in [1.165, 1.54) is 24.0 Å². The van der Waals surface area contributed by atoms with Crippen LogP contribution in [0.15, 0.2) is 18.2 Å². The topological polar surface area (TPSA) is 18.5 Å². The molecule has 0 radical (unpaired) electrons. The molecule has 2 rings (SSSR count). The van der Waals surface area contributed by atoms with Crippen molar-refractivity contribution in [3.63, 3.8) is 0 Å². The summed E-state index contributed by atoms with van der Waals surface area (Å²) in [7, 11) is 3.46. The van der Waals surface area contributed by atoms with E-state index in [0.29, 0.717) is 0 Å². The van der Waals surface area contributed by atoms with Crippen molar-refractivity contribution in [2.45, 2.75) is 6.42 Å². The van der Waals surface area contributed by atoms with E-state index in [9.17, 15) is 0 Å². The second-order valence-electron chi connectivity index (χ2n) is 3.35. The van der Waals surface area contributed by atoms with Gasteiger partial charge in [-0.2, -0.15) is 0 Å².